The predicted octanol–water partition coefficient (Wildman–Crippen LogP) is 0.862. The highest BCUT2D eigenvalue weighted by Crippen LogP contribution is 2.22. The lowest BCUT2D eigenvalue weighted by Gasteiger charge is -2.06. The molecule has 1 aliphatic carbocycles. The summed E-state index contributed by atoms with van der Waals surface area (Å²) in [5, 5.41) is 18.0. The number of aromatic amines is 2. The highest BCUT2D eigenvalue weighted by molar-refractivity contribution is 6.30. The maximum atomic E-state index is 13.6. The molecule has 1 aliphatic rings. The number of nitrogens with one attached hydrogen (secondary N) is 3. The lowest BCUT2D eigenvalue weighted by Crippen LogP contribution is -2.24. The van der Waals surface area contributed by atoms with Crippen LogP contribution in [0.15, 0.2) is 34.2 Å². The predicted molar refractivity (Wildman–Crippen MR) is 110 cm³/mol. The standard InChI is InChI=1S/C19H16ClFN8O2/c20-11-3-9(4-12(21)6-11)7-22-17-26-15-10(5-14-16(30)27-19(31)25-14)8-23-29(15)18(28-17)24-13-1-2-13/h3-6,8,13,30H,1-2,7H2,(H,22,24,28)(H2,25,27,31)/b10-5-. The van der Waals surface area contributed by atoms with Gasteiger partial charge in [0.15, 0.2) is 5.65 Å². The Morgan fingerprint density at radius 1 is 1.32 bits per heavy atom. The van der Waals surface area contributed by atoms with E-state index in [2.05, 4.69) is 35.3 Å². The van der Waals surface area contributed by atoms with Gasteiger partial charge in [0.1, 0.15) is 11.5 Å². The van der Waals surface area contributed by atoms with Gasteiger partial charge in [0.2, 0.25) is 11.8 Å². The van der Waals surface area contributed by atoms with Crippen molar-refractivity contribution < 1.29 is 9.50 Å². The van der Waals surface area contributed by atoms with Crippen LogP contribution in [0.3, 0.4) is 0 Å². The first-order valence-corrected chi connectivity index (χ1v) is 9.84. The number of nitrogens with zero attached hydrogens (tertiary/aromatic N) is 5. The number of aromatic hydroxyl groups is 1. The minimum atomic E-state index is -0.532. The topological polar surface area (TPSA) is 136 Å². The van der Waals surface area contributed by atoms with Crippen LogP contribution in [0.25, 0.3) is 11.7 Å². The van der Waals surface area contributed by atoms with Crippen molar-refractivity contribution >= 4 is 29.3 Å². The van der Waals surface area contributed by atoms with E-state index in [1.165, 1.54) is 22.8 Å². The number of aromatic nitrogens is 6. The van der Waals surface area contributed by atoms with Crippen LogP contribution in [0, 0.1) is 5.82 Å². The van der Waals surface area contributed by atoms with Gasteiger partial charge in [-0.3, -0.25) is 4.98 Å². The third kappa shape index (κ3) is 4.12. The first-order chi connectivity index (χ1) is 14.9. The van der Waals surface area contributed by atoms with Crippen LogP contribution in [0.5, 0.6) is 5.88 Å². The van der Waals surface area contributed by atoms with Gasteiger partial charge in [-0.2, -0.15) is 19.6 Å². The zero-order valence-corrected chi connectivity index (χ0v) is 16.7. The minimum Gasteiger partial charge on any atom is -0.493 e. The molecule has 3 heterocycles. The maximum absolute atomic E-state index is 13.6. The van der Waals surface area contributed by atoms with E-state index in [1.54, 1.807) is 12.1 Å². The van der Waals surface area contributed by atoms with E-state index >= 15 is 0 Å². The highest BCUT2D eigenvalue weighted by Gasteiger charge is 2.21. The fourth-order valence-electron chi connectivity index (χ4n) is 3.05. The summed E-state index contributed by atoms with van der Waals surface area (Å²) in [5.41, 5.74) is 1.09. The smallest absolute Gasteiger partial charge is 0.326 e. The molecule has 1 fully saturated rings. The van der Waals surface area contributed by atoms with Crippen molar-refractivity contribution in [3.8, 4) is 5.88 Å². The Labute approximate surface area is 178 Å². The lowest BCUT2D eigenvalue weighted by molar-refractivity contribution is 0.454. The van der Waals surface area contributed by atoms with E-state index in [0.717, 1.165) is 12.8 Å². The molecular formula is C19H16ClFN8O2. The molecule has 0 bridgehead atoms. The molecule has 0 amide bonds. The number of imidazole rings is 1. The normalized spacial score (nSPS) is 15.2. The molecule has 4 aromatic rings. The van der Waals surface area contributed by atoms with E-state index in [9.17, 15) is 14.3 Å². The second kappa shape index (κ2) is 7.51. The van der Waals surface area contributed by atoms with E-state index < -0.39 is 11.5 Å². The van der Waals surface area contributed by atoms with Crippen LogP contribution in [0.4, 0.5) is 10.3 Å². The Balaban J connectivity index is 1.58. The molecule has 0 saturated heterocycles. The maximum Gasteiger partial charge on any atom is 0.326 e. The zero-order valence-electron chi connectivity index (χ0n) is 15.9. The Morgan fingerprint density at radius 3 is 2.87 bits per heavy atom. The van der Waals surface area contributed by atoms with Gasteiger partial charge in [-0.1, -0.05) is 11.6 Å². The van der Waals surface area contributed by atoms with Crippen LogP contribution in [0.2, 0.25) is 5.02 Å². The molecule has 4 N–H and O–H groups in total. The quantitative estimate of drug-likeness (QED) is 0.362. The summed E-state index contributed by atoms with van der Waals surface area (Å²) >= 11 is 5.92. The SMILES string of the molecule is O=c1[nH]c(O)c(/C=c2/cnn3c(=NC4CC4)nc(NCc4cc(F)cc(Cl)c4)nc23)[nH]1. The number of halogens is 2. The van der Waals surface area contributed by atoms with Gasteiger partial charge >= 0.3 is 5.69 Å². The number of benzene rings is 1. The van der Waals surface area contributed by atoms with Gasteiger partial charge in [-0.25, -0.2) is 14.2 Å². The van der Waals surface area contributed by atoms with Crippen LogP contribution < -0.4 is 21.8 Å². The molecule has 1 saturated carbocycles. The molecule has 0 atom stereocenters. The number of hydrogen-bond donors (Lipinski definition) is 4. The first kappa shape index (κ1) is 19.2. The van der Waals surface area contributed by atoms with E-state index in [0.29, 0.717) is 27.1 Å². The summed E-state index contributed by atoms with van der Waals surface area (Å²) in [4.78, 5) is 29.7. The second-order valence-corrected chi connectivity index (χ2v) is 7.60. The highest BCUT2D eigenvalue weighted by atomic mass is 35.5. The number of anilines is 1. The lowest BCUT2D eigenvalue weighted by atomic mass is 10.2. The van der Waals surface area contributed by atoms with Crippen LogP contribution in [-0.4, -0.2) is 40.7 Å². The van der Waals surface area contributed by atoms with E-state index in [1.807, 2.05) is 0 Å². The number of rotatable bonds is 5. The van der Waals surface area contributed by atoms with Crippen molar-refractivity contribution in [2.45, 2.75) is 25.4 Å². The van der Waals surface area contributed by atoms with Crippen LogP contribution in [-0.2, 0) is 6.54 Å². The Bertz CT molecular complexity index is 1450. The molecule has 0 aliphatic heterocycles. The second-order valence-electron chi connectivity index (χ2n) is 7.16. The monoisotopic (exact) mass is 442 g/mol. The minimum absolute atomic E-state index is 0.190. The average Bonchev–Trinajstić information content (AvgIpc) is 3.34. The van der Waals surface area contributed by atoms with Crippen molar-refractivity contribution in [1.82, 2.24) is 29.5 Å². The largest absolute Gasteiger partial charge is 0.493 e. The third-order valence-corrected chi connectivity index (χ3v) is 4.85. The molecule has 158 valence electrons. The van der Waals surface area contributed by atoms with Crippen molar-refractivity contribution in [1.29, 1.82) is 0 Å². The van der Waals surface area contributed by atoms with Gasteiger partial charge in [-0.15, -0.1) is 0 Å². The van der Waals surface area contributed by atoms with Gasteiger partial charge in [-0.05, 0) is 42.7 Å². The Hall–Kier alpha value is -3.73. The molecule has 0 spiro atoms. The number of hydrogen-bond acceptors (Lipinski definition) is 7. The van der Waals surface area contributed by atoms with Gasteiger partial charge < -0.3 is 15.4 Å². The summed E-state index contributed by atoms with van der Waals surface area (Å²) in [6, 6.07) is 4.44. The number of H-pyrrole nitrogens is 2. The molecule has 0 unspecified atom stereocenters. The van der Waals surface area contributed by atoms with E-state index in [-0.39, 0.29) is 30.1 Å². The number of fused-ring (bicyclic) bond motifs is 1. The molecule has 1 aromatic carbocycles. The van der Waals surface area contributed by atoms with Crippen LogP contribution >= 0.6 is 11.6 Å². The fourth-order valence-corrected chi connectivity index (χ4v) is 3.30. The molecular weight excluding hydrogens is 427 g/mol. The van der Waals surface area contributed by atoms with Gasteiger partial charge in [0.25, 0.3) is 5.62 Å². The summed E-state index contributed by atoms with van der Waals surface area (Å²) in [7, 11) is 0. The van der Waals surface area contributed by atoms with E-state index in [4.69, 9.17) is 11.6 Å². The van der Waals surface area contributed by atoms with Crippen molar-refractivity contribution in [3.05, 3.63) is 67.8 Å². The van der Waals surface area contributed by atoms with Crippen molar-refractivity contribution in [2.24, 2.45) is 4.99 Å². The molecule has 0 radical (unpaired) electrons. The molecule has 12 heteroatoms. The Kier molecular flexibility index (Phi) is 4.66. The molecule has 5 rings (SSSR count). The molecule has 10 nitrogen and oxygen atoms in total. The van der Waals surface area contributed by atoms with Crippen LogP contribution in [0.1, 0.15) is 24.1 Å². The summed E-state index contributed by atoms with van der Waals surface area (Å²) in [6.07, 6.45) is 5.04. The zero-order chi connectivity index (χ0) is 21.5. The third-order valence-electron chi connectivity index (χ3n) is 4.63. The molecule has 31 heavy (non-hydrogen) atoms. The van der Waals surface area contributed by atoms with Gasteiger partial charge in [0, 0.05) is 16.8 Å². The van der Waals surface area contributed by atoms with Gasteiger partial charge in [0.05, 0.1) is 12.2 Å². The van der Waals surface area contributed by atoms with Crippen molar-refractivity contribution in [3.63, 3.8) is 0 Å². The fraction of sp³-hybridized carbons (Fsp3) is 0.211. The first-order valence-electron chi connectivity index (χ1n) is 9.46. The Morgan fingerprint density at radius 2 is 2.16 bits per heavy atom. The summed E-state index contributed by atoms with van der Waals surface area (Å²) in [5.74, 6) is -0.449. The van der Waals surface area contributed by atoms with Crippen molar-refractivity contribution in [2.75, 3.05) is 5.32 Å². The molecule has 3 aromatic heterocycles. The summed E-state index contributed by atoms with van der Waals surface area (Å²) < 4.78 is 15.1. The summed E-state index contributed by atoms with van der Waals surface area (Å²) in [6.45, 7) is 0.246. The average molecular weight is 443 g/mol.